The van der Waals surface area contributed by atoms with E-state index < -0.39 is 0 Å². The molecule has 4 heterocycles. The van der Waals surface area contributed by atoms with Crippen LogP contribution in [0.3, 0.4) is 0 Å². The second kappa shape index (κ2) is 6.98. The van der Waals surface area contributed by atoms with Crippen molar-refractivity contribution in [3.8, 4) is 11.5 Å². The van der Waals surface area contributed by atoms with Crippen LogP contribution < -0.4 is 4.90 Å². The van der Waals surface area contributed by atoms with Crippen molar-refractivity contribution in [3.63, 3.8) is 0 Å². The Kier molecular flexibility index (Phi) is 4.39. The molecule has 1 fully saturated rings. The van der Waals surface area contributed by atoms with Crippen LogP contribution in [0, 0.1) is 0 Å². The van der Waals surface area contributed by atoms with Crippen LogP contribution >= 0.6 is 0 Å². The lowest BCUT2D eigenvalue weighted by molar-refractivity contribution is 0.174. The van der Waals surface area contributed by atoms with Crippen LogP contribution in [-0.2, 0) is 11.3 Å². The van der Waals surface area contributed by atoms with Crippen molar-refractivity contribution in [2.24, 2.45) is 0 Å². The lowest BCUT2D eigenvalue weighted by Crippen LogP contribution is -2.24. The van der Waals surface area contributed by atoms with Crippen LogP contribution in [0.1, 0.15) is 30.4 Å². The summed E-state index contributed by atoms with van der Waals surface area (Å²) < 4.78 is 10.3. The summed E-state index contributed by atoms with van der Waals surface area (Å²) in [5.41, 5.74) is 1.89. The predicted octanol–water partition coefficient (Wildman–Crippen LogP) is 3.01. The second-order valence-corrected chi connectivity index (χ2v) is 5.96. The Morgan fingerprint density at radius 1 is 1.24 bits per heavy atom. The van der Waals surface area contributed by atoms with Crippen molar-refractivity contribution in [1.82, 2.24) is 20.1 Å². The molecule has 0 N–H and O–H groups in total. The van der Waals surface area contributed by atoms with Gasteiger partial charge in [-0.25, -0.2) is 4.98 Å². The van der Waals surface area contributed by atoms with Gasteiger partial charge in [-0.3, -0.25) is 4.98 Å². The Labute approximate surface area is 145 Å². The van der Waals surface area contributed by atoms with Crippen LogP contribution in [0.2, 0.25) is 0 Å². The summed E-state index contributed by atoms with van der Waals surface area (Å²) in [6.07, 6.45) is 5.84. The molecule has 128 valence electrons. The number of rotatable bonds is 5. The molecule has 25 heavy (non-hydrogen) atoms. The van der Waals surface area contributed by atoms with E-state index in [2.05, 4.69) is 31.1 Å². The van der Waals surface area contributed by atoms with Gasteiger partial charge in [0.25, 0.3) is 5.89 Å². The first-order chi connectivity index (χ1) is 12.3. The number of hydrogen-bond donors (Lipinski definition) is 0. The number of hydrogen-bond acceptors (Lipinski definition) is 7. The molecule has 0 unspecified atom stereocenters. The Hall–Kier alpha value is -2.80. The highest BCUT2D eigenvalue weighted by Crippen LogP contribution is 2.34. The van der Waals surface area contributed by atoms with Crippen molar-refractivity contribution >= 4 is 5.82 Å². The molecule has 0 radical (unpaired) electrons. The molecule has 0 aromatic carbocycles. The number of aromatic nitrogens is 4. The molecule has 0 spiro atoms. The lowest BCUT2D eigenvalue weighted by Gasteiger charge is -2.25. The normalized spacial score (nSPS) is 17.2. The van der Waals surface area contributed by atoms with Gasteiger partial charge in [-0.05, 0) is 37.1 Å². The zero-order chi connectivity index (χ0) is 17.1. The minimum Gasteiger partial charge on any atom is -0.377 e. The molecule has 4 rings (SSSR count). The third-order valence-electron chi connectivity index (χ3n) is 4.31. The molecular formula is C18H19N5O2. The highest BCUT2D eigenvalue weighted by molar-refractivity contribution is 5.55. The summed E-state index contributed by atoms with van der Waals surface area (Å²) in [5.74, 6) is 1.92. The van der Waals surface area contributed by atoms with Crippen molar-refractivity contribution < 1.29 is 9.26 Å². The zero-order valence-corrected chi connectivity index (χ0v) is 14.0. The van der Waals surface area contributed by atoms with E-state index in [4.69, 9.17) is 9.26 Å². The van der Waals surface area contributed by atoms with E-state index in [-0.39, 0.29) is 6.04 Å². The van der Waals surface area contributed by atoms with Gasteiger partial charge in [-0.2, -0.15) is 4.98 Å². The van der Waals surface area contributed by atoms with Gasteiger partial charge in [0.1, 0.15) is 12.4 Å². The average molecular weight is 337 g/mol. The fraction of sp³-hybridized carbons (Fsp3) is 0.333. The maximum Gasteiger partial charge on any atom is 0.259 e. The van der Waals surface area contributed by atoms with E-state index in [1.54, 1.807) is 13.3 Å². The molecule has 1 saturated heterocycles. The minimum atomic E-state index is 0.274. The molecule has 3 aromatic rings. The summed E-state index contributed by atoms with van der Waals surface area (Å²) in [4.78, 5) is 15.7. The van der Waals surface area contributed by atoms with Crippen LogP contribution in [0.4, 0.5) is 5.82 Å². The maximum absolute atomic E-state index is 5.25. The first-order valence-electron chi connectivity index (χ1n) is 8.30. The van der Waals surface area contributed by atoms with E-state index in [0.29, 0.717) is 18.3 Å². The van der Waals surface area contributed by atoms with E-state index in [1.165, 1.54) is 0 Å². The quantitative estimate of drug-likeness (QED) is 0.708. The smallest absolute Gasteiger partial charge is 0.259 e. The molecule has 7 heteroatoms. The molecule has 1 aliphatic rings. The zero-order valence-electron chi connectivity index (χ0n) is 14.0. The van der Waals surface area contributed by atoms with Gasteiger partial charge in [0.15, 0.2) is 5.82 Å². The van der Waals surface area contributed by atoms with Crippen LogP contribution in [0.5, 0.6) is 0 Å². The fourth-order valence-electron chi connectivity index (χ4n) is 3.16. The van der Waals surface area contributed by atoms with Crippen molar-refractivity contribution in [1.29, 1.82) is 0 Å². The van der Waals surface area contributed by atoms with E-state index in [1.807, 2.05) is 30.5 Å². The van der Waals surface area contributed by atoms with Crippen LogP contribution in [0.15, 0.2) is 47.2 Å². The van der Waals surface area contributed by atoms with Crippen molar-refractivity contribution in [2.45, 2.75) is 25.5 Å². The van der Waals surface area contributed by atoms with Crippen LogP contribution in [-0.4, -0.2) is 33.8 Å². The summed E-state index contributed by atoms with van der Waals surface area (Å²) in [6.45, 7) is 1.31. The largest absolute Gasteiger partial charge is 0.377 e. The monoisotopic (exact) mass is 337 g/mol. The second-order valence-electron chi connectivity index (χ2n) is 5.96. The number of anilines is 1. The molecule has 1 aliphatic heterocycles. The highest BCUT2D eigenvalue weighted by Gasteiger charge is 2.28. The van der Waals surface area contributed by atoms with Gasteiger partial charge in [0, 0.05) is 26.0 Å². The number of pyridine rings is 2. The SMILES string of the molecule is COCc1noc(-c2ccc(N3CCC[C@H]3c3ccccn3)nc2)n1. The number of nitrogens with zero attached hydrogens (tertiary/aromatic N) is 5. The summed E-state index contributed by atoms with van der Waals surface area (Å²) >= 11 is 0. The lowest BCUT2D eigenvalue weighted by atomic mass is 10.1. The Bertz CT molecular complexity index is 819. The van der Waals surface area contributed by atoms with Gasteiger partial charge in [-0.15, -0.1) is 0 Å². The molecule has 0 aliphatic carbocycles. The van der Waals surface area contributed by atoms with E-state index >= 15 is 0 Å². The standard InChI is InChI=1S/C18H19N5O2/c1-24-12-16-21-18(25-22-16)13-7-8-17(20-11-13)23-10-4-6-15(23)14-5-2-3-9-19-14/h2-3,5,7-9,11,15H,4,6,10,12H2,1H3/t15-/m0/s1. The van der Waals surface area contributed by atoms with Gasteiger partial charge < -0.3 is 14.2 Å². The molecule has 0 saturated carbocycles. The minimum absolute atomic E-state index is 0.274. The topological polar surface area (TPSA) is 77.2 Å². The molecule has 7 nitrogen and oxygen atoms in total. The predicted molar refractivity (Wildman–Crippen MR) is 91.8 cm³/mol. The number of methoxy groups -OCH3 is 1. The molecule has 0 bridgehead atoms. The van der Waals surface area contributed by atoms with Gasteiger partial charge in [-0.1, -0.05) is 11.2 Å². The van der Waals surface area contributed by atoms with E-state index in [0.717, 1.165) is 36.5 Å². The van der Waals surface area contributed by atoms with E-state index in [9.17, 15) is 0 Å². The average Bonchev–Trinajstić information content (AvgIpc) is 3.33. The summed E-state index contributed by atoms with van der Waals surface area (Å²) in [7, 11) is 1.60. The first kappa shape index (κ1) is 15.7. The van der Waals surface area contributed by atoms with Gasteiger partial charge in [0.05, 0.1) is 17.3 Å². The highest BCUT2D eigenvalue weighted by atomic mass is 16.5. The first-order valence-corrected chi connectivity index (χ1v) is 8.30. The van der Waals surface area contributed by atoms with Gasteiger partial charge >= 0.3 is 0 Å². The van der Waals surface area contributed by atoms with Crippen molar-refractivity contribution in [2.75, 3.05) is 18.6 Å². The Balaban J connectivity index is 1.55. The van der Waals surface area contributed by atoms with Crippen LogP contribution in [0.25, 0.3) is 11.5 Å². The molecular weight excluding hydrogens is 318 g/mol. The van der Waals surface area contributed by atoms with Crippen molar-refractivity contribution in [3.05, 3.63) is 54.2 Å². The Morgan fingerprint density at radius 3 is 2.96 bits per heavy atom. The molecule has 0 amide bonds. The third-order valence-corrected chi connectivity index (χ3v) is 4.31. The maximum atomic E-state index is 5.25. The Morgan fingerprint density at radius 2 is 2.20 bits per heavy atom. The summed E-state index contributed by atoms with van der Waals surface area (Å²) in [5, 5.41) is 3.88. The number of ether oxygens (including phenoxy) is 1. The molecule has 3 aromatic heterocycles. The fourth-order valence-corrected chi connectivity index (χ4v) is 3.16. The summed E-state index contributed by atoms with van der Waals surface area (Å²) in [6, 6.07) is 10.3. The van der Waals surface area contributed by atoms with Gasteiger partial charge in [0.2, 0.25) is 0 Å². The third kappa shape index (κ3) is 3.23. The molecule has 1 atom stereocenters.